The SMILES string of the molecule is C=C(C)CN=C(NCCc1ccco1)N(C)Cc1nc2c(s1)CCCC2. The molecule has 0 aromatic carbocycles. The highest BCUT2D eigenvalue weighted by Crippen LogP contribution is 2.27. The lowest BCUT2D eigenvalue weighted by atomic mass is 10.0. The molecule has 2 aromatic rings. The maximum Gasteiger partial charge on any atom is 0.194 e. The third-order valence-electron chi connectivity index (χ3n) is 4.36. The Morgan fingerprint density at radius 1 is 1.42 bits per heavy atom. The Morgan fingerprint density at radius 3 is 3.00 bits per heavy atom. The normalized spacial score (nSPS) is 14.2. The fraction of sp³-hybridized carbons (Fsp3) is 0.500. The van der Waals surface area contributed by atoms with E-state index in [0.29, 0.717) is 6.54 Å². The standard InChI is InChI=1S/C20H28N4OS/c1-15(2)13-22-20(21-11-10-16-7-6-12-25-16)24(3)14-19-23-17-8-4-5-9-18(17)26-19/h6-7,12H,1,4-5,8-11,13-14H2,2-3H3,(H,21,22). The zero-order valence-electron chi connectivity index (χ0n) is 15.8. The van der Waals surface area contributed by atoms with Gasteiger partial charge < -0.3 is 14.6 Å². The number of rotatable bonds is 7. The van der Waals surface area contributed by atoms with E-state index in [1.54, 1.807) is 6.26 Å². The average Bonchev–Trinajstić information content (AvgIpc) is 3.26. The van der Waals surface area contributed by atoms with Crippen LogP contribution in [0.5, 0.6) is 0 Å². The second-order valence-corrected chi connectivity index (χ2v) is 8.06. The van der Waals surface area contributed by atoms with Crippen molar-refractivity contribution in [2.75, 3.05) is 20.1 Å². The van der Waals surface area contributed by atoms with E-state index < -0.39 is 0 Å². The molecule has 5 nitrogen and oxygen atoms in total. The molecule has 0 atom stereocenters. The Balaban J connectivity index is 1.61. The van der Waals surface area contributed by atoms with Crippen LogP contribution in [-0.4, -0.2) is 36.0 Å². The number of fused-ring (bicyclic) bond motifs is 1. The Bertz CT molecular complexity index is 724. The van der Waals surface area contributed by atoms with Gasteiger partial charge in [0.15, 0.2) is 5.96 Å². The van der Waals surface area contributed by atoms with Gasteiger partial charge in [0.2, 0.25) is 0 Å². The second-order valence-electron chi connectivity index (χ2n) is 6.89. The summed E-state index contributed by atoms with van der Waals surface area (Å²) >= 11 is 1.86. The molecule has 0 aliphatic heterocycles. The smallest absolute Gasteiger partial charge is 0.194 e. The Morgan fingerprint density at radius 2 is 2.27 bits per heavy atom. The fourth-order valence-corrected chi connectivity index (χ4v) is 4.23. The van der Waals surface area contributed by atoms with Crippen molar-refractivity contribution in [3.05, 3.63) is 51.9 Å². The molecule has 1 aliphatic carbocycles. The lowest BCUT2D eigenvalue weighted by Crippen LogP contribution is -2.39. The molecule has 0 saturated carbocycles. The summed E-state index contributed by atoms with van der Waals surface area (Å²) in [5, 5.41) is 4.62. The number of aryl methyl sites for hydroxylation is 2. The number of aliphatic imine (C=N–C) groups is 1. The van der Waals surface area contributed by atoms with Gasteiger partial charge in [-0.15, -0.1) is 11.3 Å². The van der Waals surface area contributed by atoms with E-state index in [1.165, 1.54) is 34.8 Å². The summed E-state index contributed by atoms with van der Waals surface area (Å²) < 4.78 is 5.40. The van der Waals surface area contributed by atoms with Crippen LogP contribution in [-0.2, 0) is 25.8 Å². The van der Waals surface area contributed by atoms with Crippen LogP contribution in [0.15, 0.2) is 40.0 Å². The van der Waals surface area contributed by atoms with Gasteiger partial charge in [0, 0.05) is 24.9 Å². The molecule has 0 fully saturated rings. The van der Waals surface area contributed by atoms with Gasteiger partial charge in [-0.25, -0.2) is 9.98 Å². The van der Waals surface area contributed by atoms with Crippen molar-refractivity contribution in [2.24, 2.45) is 4.99 Å². The van der Waals surface area contributed by atoms with Crippen molar-refractivity contribution in [1.82, 2.24) is 15.2 Å². The minimum Gasteiger partial charge on any atom is -0.469 e. The minimum absolute atomic E-state index is 0.627. The van der Waals surface area contributed by atoms with E-state index >= 15 is 0 Å². The van der Waals surface area contributed by atoms with Gasteiger partial charge in [0.05, 0.1) is 25.0 Å². The molecule has 6 heteroatoms. The van der Waals surface area contributed by atoms with Gasteiger partial charge in [-0.3, -0.25) is 0 Å². The number of nitrogens with zero attached hydrogens (tertiary/aromatic N) is 3. The van der Waals surface area contributed by atoms with E-state index in [0.717, 1.165) is 43.2 Å². The van der Waals surface area contributed by atoms with Gasteiger partial charge in [0.25, 0.3) is 0 Å². The Labute approximate surface area is 159 Å². The summed E-state index contributed by atoms with van der Waals surface area (Å²) in [7, 11) is 2.07. The topological polar surface area (TPSA) is 53.7 Å². The van der Waals surface area contributed by atoms with Crippen molar-refractivity contribution in [3.8, 4) is 0 Å². The highest BCUT2D eigenvalue weighted by molar-refractivity contribution is 7.11. The molecular weight excluding hydrogens is 344 g/mol. The van der Waals surface area contributed by atoms with Crippen molar-refractivity contribution < 1.29 is 4.42 Å². The van der Waals surface area contributed by atoms with Crippen molar-refractivity contribution in [3.63, 3.8) is 0 Å². The fourth-order valence-electron chi connectivity index (χ4n) is 3.02. The third kappa shape index (κ3) is 5.21. The van der Waals surface area contributed by atoms with Crippen LogP contribution in [0.1, 0.15) is 41.1 Å². The molecule has 1 aliphatic rings. The molecule has 140 valence electrons. The molecule has 0 bridgehead atoms. The quantitative estimate of drug-likeness (QED) is 0.456. The molecular formula is C20H28N4OS. The number of nitrogens with one attached hydrogen (secondary N) is 1. The largest absolute Gasteiger partial charge is 0.469 e. The zero-order valence-corrected chi connectivity index (χ0v) is 16.6. The van der Waals surface area contributed by atoms with E-state index in [9.17, 15) is 0 Å². The van der Waals surface area contributed by atoms with E-state index in [2.05, 4.69) is 23.8 Å². The maximum absolute atomic E-state index is 5.40. The van der Waals surface area contributed by atoms with Crippen LogP contribution >= 0.6 is 11.3 Å². The number of guanidine groups is 1. The van der Waals surface area contributed by atoms with Crippen LogP contribution in [0.4, 0.5) is 0 Å². The second kappa shape index (κ2) is 9.03. The first-order valence-corrected chi connectivity index (χ1v) is 10.1. The van der Waals surface area contributed by atoms with E-state index in [-0.39, 0.29) is 0 Å². The molecule has 1 N–H and O–H groups in total. The molecule has 0 spiro atoms. The summed E-state index contributed by atoms with van der Waals surface area (Å²) in [4.78, 5) is 13.2. The predicted octanol–water partition coefficient (Wildman–Crippen LogP) is 3.81. The monoisotopic (exact) mass is 372 g/mol. The first-order valence-electron chi connectivity index (χ1n) is 9.25. The molecule has 0 saturated heterocycles. The number of hydrogen-bond acceptors (Lipinski definition) is 4. The Kier molecular flexibility index (Phi) is 6.50. The van der Waals surface area contributed by atoms with Gasteiger partial charge in [-0.2, -0.15) is 0 Å². The number of aromatic nitrogens is 1. The van der Waals surface area contributed by atoms with Crippen LogP contribution < -0.4 is 5.32 Å². The van der Waals surface area contributed by atoms with Crippen molar-refractivity contribution in [1.29, 1.82) is 0 Å². The number of hydrogen-bond donors (Lipinski definition) is 1. The van der Waals surface area contributed by atoms with Gasteiger partial charge >= 0.3 is 0 Å². The molecule has 0 amide bonds. The molecule has 0 radical (unpaired) electrons. The van der Waals surface area contributed by atoms with Crippen LogP contribution in [0.2, 0.25) is 0 Å². The summed E-state index contributed by atoms with van der Waals surface area (Å²) in [6.45, 7) is 8.14. The minimum atomic E-state index is 0.627. The lowest BCUT2D eigenvalue weighted by Gasteiger charge is -2.21. The molecule has 2 heterocycles. The summed E-state index contributed by atoms with van der Waals surface area (Å²) in [5.41, 5.74) is 2.37. The first kappa shape index (κ1) is 18.7. The number of thiazole rings is 1. The summed E-state index contributed by atoms with van der Waals surface area (Å²) in [6, 6.07) is 3.91. The number of furan rings is 1. The first-order chi connectivity index (χ1) is 12.6. The average molecular weight is 373 g/mol. The zero-order chi connectivity index (χ0) is 18.4. The highest BCUT2D eigenvalue weighted by Gasteiger charge is 2.17. The van der Waals surface area contributed by atoms with Crippen molar-refractivity contribution in [2.45, 2.75) is 45.6 Å². The third-order valence-corrected chi connectivity index (χ3v) is 5.50. The van der Waals surface area contributed by atoms with Crippen LogP contribution in [0, 0.1) is 0 Å². The maximum atomic E-state index is 5.40. The highest BCUT2D eigenvalue weighted by atomic mass is 32.1. The van der Waals surface area contributed by atoms with Crippen molar-refractivity contribution >= 4 is 17.3 Å². The summed E-state index contributed by atoms with van der Waals surface area (Å²) in [5.74, 6) is 1.86. The van der Waals surface area contributed by atoms with Crippen LogP contribution in [0.3, 0.4) is 0 Å². The van der Waals surface area contributed by atoms with Gasteiger partial charge in [0.1, 0.15) is 10.8 Å². The Hall–Kier alpha value is -2.08. The van der Waals surface area contributed by atoms with Gasteiger partial charge in [-0.1, -0.05) is 12.2 Å². The van der Waals surface area contributed by atoms with Crippen LogP contribution in [0.25, 0.3) is 0 Å². The van der Waals surface area contributed by atoms with E-state index in [1.807, 2.05) is 30.4 Å². The molecule has 26 heavy (non-hydrogen) atoms. The molecule has 0 unspecified atom stereocenters. The van der Waals surface area contributed by atoms with Gasteiger partial charge in [-0.05, 0) is 44.7 Å². The molecule has 2 aromatic heterocycles. The lowest BCUT2D eigenvalue weighted by molar-refractivity contribution is 0.467. The summed E-state index contributed by atoms with van der Waals surface area (Å²) in [6.07, 6.45) is 7.43. The predicted molar refractivity (Wildman–Crippen MR) is 108 cm³/mol. The van der Waals surface area contributed by atoms with E-state index in [4.69, 9.17) is 14.4 Å². The molecule has 3 rings (SSSR count).